The summed E-state index contributed by atoms with van der Waals surface area (Å²) in [6.45, 7) is 1.01. The van der Waals surface area contributed by atoms with E-state index in [9.17, 15) is 4.79 Å². The molecule has 6 rings (SSSR count). The fourth-order valence-electron chi connectivity index (χ4n) is 6.79. The highest BCUT2D eigenvalue weighted by atomic mass is 16.5. The molecule has 2 fully saturated rings. The zero-order valence-electron chi connectivity index (χ0n) is 16.4. The van der Waals surface area contributed by atoms with Gasteiger partial charge in [0.1, 0.15) is 0 Å². The molecule has 2 aliphatic carbocycles. The summed E-state index contributed by atoms with van der Waals surface area (Å²) in [5.74, 6) is 2.48. The summed E-state index contributed by atoms with van der Waals surface area (Å²) in [6, 6.07) is 15.3. The van der Waals surface area contributed by atoms with Crippen LogP contribution in [0, 0.1) is 5.92 Å². The van der Waals surface area contributed by atoms with Crippen molar-refractivity contribution in [1.29, 1.82) is 0 Å². The minimum atomic E-state index is -0.362. The Morgan fingerprint density at radius 2 is 1.96 bits per heavy atom. The molecule has 4 nitrogen and oxygen atoms in total. The third-order valence-corrected chi connectivity index (χ3v) is 7.85. The van der Waals surface area contributed by atoms with Crippen LogP contribution >= 0.6 is 0 Å². The maximum atomic E-state index is 13.4. The molecule has 4 unspecified atom stereocenters. The standard InChI is InChI=1S/C24H25NO3/c1-25-11-10-24-20-15-8-9-19(27-2)22(20)28-23(24)18(26)13-16(21(24)17(25)12-15)14-6-4-3-5-7-14/h3-9,16-17,21,23H,10-13H2,1-2H3/t16-,17?,21?,23?,24?/m1/s1. The van der Waals surface area contributed by atoms with Crippen LogP contribution in [-0.4, -0.2) is 43.5 Å². The van der Waals surface area contributed by atoms with E-state index in [-0.39, 0.29) is 23.2 Å². The van der Waals surface area contributed by atoms with Crippen molar-refractivity contribution in [3.63, 3.8) is 0 Å². The van der Waals surface area contributed by atoms with Crippen LogP contribution in [0.15, 0.2) is 42.5 Å². The molecule has 0 N–H and O–H groups in total. The number of carbonyl (C=O) groups excluding carboxylic acids is 1. The van der Waals surface area contributed by atoms with E-state index in [1.165, 1.54) is 16.7 Å². The van der Waals surface area contributed by atoms with Crippen molar-refractivity contribution >= 4 is 5.78 Å². The van der Waals surface area contributed by atoms with Gasteiger partial charge < -0.3 is 14.4 Å². The molecule has 5 atom stereocenters. The van der Waals surface area contributed by atoms with Gasteiger partial charge in [-0.3, -0.25) is 4.79 Å². The number of carbonyl (C=O) groups is 1. The molecule has 2 aromatic carbocycles. The Bertz CT molecular complexity index is 971. The van der Waals surface area contributed by atoms with Crippen molar-refractivity contribution < 1.29 is 14.3 Å². The molecule has 2 heterocycles. The Hall–Kier alpha value is -2.33. The van der Waals surface area contributed by atoms with Crippen molar-refractivity contribution in [1.82, 2.24) is 4.90 Å². The highest BCUT2D eigenvalue weighted by molar-refractivity contribution is 5.90. The van der Waals surface area contributed by atoms with Gasteiger partial charge in [0.2, 0.25) is 0 Å². The lowest BCUT2D eigenvalue weighted by Crippen LogP contribution is -2.67. The largest absolute Gasteiger partial charge is 0.493 e. The molecular weight excluding hydrogens is 350 g/mol. The molecule has 0 aromatic heterocycles. The lowest BCUT2D eigenvalue weighted by Gasteiger charge is -2.59. The van der Waals surface area contributed by atoms with E-state index in [2.05, 4.69) is 48.3 Å². The third-order valence-electron chi connectivity index (χ3n) is 7.85. The van der Waals surface area contributed by atoms with Gasteiger partial charge in [-0.1, -0.05) is 36.4 Å². The Balaban J connectivity index is 1.62. The van der Waals surface area contributed by atoms with Crippen LogP contribution in [0.4, 0.5) is 0 Å². The number of methoxy groups -OCH3 is 1. The summed E-state index contributed by atoms with van der Waals surface area (Å²) in [6.07, 6.45) is 2.19. The van der Waals surface area contributed by atoms with Crippen molar-refractivity contribution in [2.24, 2.45) is 5.92 Å². The van der Waals surface area contributed by atoms with E-state index < -0.39 is 0 Å². The van der Waals surface area contributed by atoms with E-state index in [0.717, 1.165) is 30.9 Å². The Kier molecular flexibility index (Phi) is 3.32. The van der Waals surface area contributed by atoms with Gasteiger partial charge in [0.05, 0.1) is 7.11 Å². The number of Topliss-reactive ketones (excluding diaryl/α,β-unsaturated/α-hetero) is 1. The molecule has 2 aromatic rings. The summed E-state index contributed by atoms with van der Waals surface area (Å²) < 4.78 is 12.1. The average molecular weight is 375 g/mol. The van der Waals surface area contributed by atoms with Gasteiger partial charge in [-0.15, -0.1) is 0 Å². The zero-order valence-corrected chi connectivity index (χ0v) is 16.4. The minimum Gasteiger partial charge on any atom is -0.493 e. The first kappa shape index (κ1) is 16.6. The Labute approximate surface area is 165 Å². The van der Waals surface area contributed by atoms with Gasteiger partial charge in [-0.25, -0.2) is 0 Å². The predicted octanol–water partition coefficient (Wildman–Crippen LogP) is 3.33. The molecule has 1 saturated carbocycles. The lowest BCUT2D eigenvalue weighted by atomic mass is 9.48. The quantitative estimate of drug-likeness (QED) is 0.807. The maximum Gasteiger partial charge on any atom is 0.174 e. The molecule has 0 radical (unpaired) electrons. The van der Waals surface area contributed by atoms with Gasteiger partial charge in [0.25, 0.3) is 0 Å². The number of hydrogen-bond acceptors (Lipinski definition) is 4. The van der Waals surface area contributed by atoms with Crippen LogP contribution in [0.25, 0.3) is 0 Å². The Morgan fingerprint density at radius 1 is 1.14 bits per heavy atom. The van der Waals surface area contributed by atoms with Crippen molar-refractivity contribution in [3.8, 4) is 11.5 Å². The summed E-state index contributed by atoms with van der Waals surface area (Å²) >= 11 is 0. The molecule has 0 amide bonds. The van der Waals surface area contributed by atoms with Gasteiger partial charge >= 0.3 is 0 Å². The van der Waals surface area contributed by atoms with Crippen LogP contribution in [0.3, 0.4) is 0 Å². The summed E-state index contributed by atoms with van der Waals surface area (Å²) in [4.78, 5) is 15.9. The van der Waals surface area contributed by atoms with Crippen LogP contribution in [0.5, 0.6) is 11.5 Å². The third kappa shape index (κ3) is 1.87. The summed E-state index contributed by atoms with van der Waals surface area (Å²) in [5, 5.41) is 0. The Morgan fingerprint density at radius 3 is 2.75 bits per heavy atom. The SMILES string of the molecule is COc1ccc2c3c1OC1C(=O)C[C@H](c4ccccc4)C4C(C2)N(C)CCC314. The highest BCUT2D eigenvalue weighted by Crippen LogP contribution is 2.65. The number of rotatable bonds is 2. The minimum absolute atomic E-state index is 0.218. The van der Waals surface area contributed by atoms with E-state index in [1.807, 2.05) is 6.07 Å². The van der Waals surface area contributed by atoms with Gasteiger partial charge in [0, 0.05) is 23.4 Å². The molecule has 2 aliphatic heterocycles. The molecule has 144 valence electrons. The number of benzene rings is 2. The fourth-order valence-corrected chi connectivity index (χ4v) is 6.79. The number of hydrogen-bond donors (Lipinski definition) is 0. The fraction of sp³-hybridized carbons (Fsp3) is 0.458. The number of ketones is 1. The molecule has 1 saturated heterocycles. The number of nitrogens with zero attached hydrogens (tertiary/aromatic N) is 1. The molecule has 1 spiro atoms. The molecule has 4 heteroatoms. The van der Waals surface area contributed by atoms with E-state index in [1.54, 1.807) is 7.11 Å². The van der Waals surface area contributed by atoms with Crippen molar-refractivity contribution in [3.05, 3.63) is 59.2 Å². The van der Waals surface area contributed by atoms with Crippen molar-refractivity contribution in [2.75, 3.05) is 20.7 Å². The number of likely N-dealkylation sites (tertiary alicyclic amines) is 1. The summed E-state index contributed by atoms with van der Waals surface area (Å²) in [5.41, 5.74) is 3.69. The first-order valence-electron chi connectivity index (χ1n) is 10.3. The van der Waals surface area contributed by atoms with E-state index in [4.69, 9.17) is 9.47 Å². The van der Waals surface area contributed by atoms with Crippen molar-refractivity contribution in [2.45, 2.75) is 42.7 Å². The van der Waals surface area contributed by atoms with Gasteiger partial charge in [-0.2, -0.15) is 0 Å². The zero-order chi connectivity index (χ0) is 19.0. The normalized spacial score (nSPS) is 35.3. The predicted molar refractivity (Wildman–Crippen MR) is 106 cm³/mol. The molecular formula is C24H25NO3. The van der Waals surface area contributed by atoms with Crippen LogP contribution in [0.1, 0.15) is 35.4 Å². The van der Waals surface area contributed by atoms with Gasteiger partial charge in [-0.05, 0) is 55.5 Å². The molecule has 2 bridgehead atoms. The number of likely N-dealkylation sites (N-methyl/N-ethyl adjacent to an activating group) is 1. The highest BCUT2D eigenvalue weighted by Gasteiger charge is 2.68. The topological polar surface area (TPSA) is 38.8 Å². The second-order valence-corrected chi connectivity index (χ2v) is 8.88. The number of ether oxygens (including phenoxy) is 2. The second kappa shape index (κ2) is 5.60. The second-order valence-electron chi connectivity index (χ2n) is 8.88. The van der Waals surface area contributed by atoms with Gasteiger partial charge in [0.15, 0.2) is 23.4 Å². The van der Waals surface area contributed by atoms with E-state index >= 15 is 0 Å². The first-order valence-corrected chi connectivity index (χ1v) is 10.3. The molecule has 4 aliphatic rings. The molecule has 28 heavy (non-hydrogen) atoms. The average Bonchev–Trinajstić information content (AvgIpc) is 3.07. The number of piperidine rings is 1. The van der Waals surface area contributed by atoms with Crippen LogP contribution in [0.2, 0.25) is 0 Å². The lowest BCUT2D eigenvalue weighted by molar-refractivity contribution is -0.140. The van der Waals surface area contributed by atoms with E-state index in [0.29, 0.717) is 18.4 Å². The van der Waals surface area contributed by atoms with Crippen LogP contribution in [-0.2, 0) is 16.6 Å². The summed E-state index contributed by atoms with van der Waals surface area (Å²) in [7, 11) is 3.93. The smallest absolute Gasteiger partial charge is 0.174 e. The maximum absolute atomic E-state index is 13.4. The monoisotopic (exact) mass is 375 g/mol. The first-order chi connectivity index (χ1) is 13.6. The van der Waals surface area contributed by atoms with Crippen LogP contribution < -0.4 is 9.47 Å².